The minimum absolute atomic E-state index is 0.290. The van der Waals surface area contributed by atoms with E-state index in [0.29, 0.717) is 43.6 Å². The first-order chi connectivity index (χ1) is 18.9. The maximum Gasteiger partial charge on any atom is 0.414 e. The lowest BCUT2D eigenvalue weighted by molar-refractivity contribution is -0.159. The molecule has 0 amide bonds. The van der Waals surface area contributed by atoms with Crippen molar-refractivity contribution in [2.45, 2.75) is 19.9 Å². The molecule has 3 N–H and O–H groups in total. The summed E-state index contributed by atoms with van der Waals surface area (Å²) in [6.45, 7) is 4.65. The highest BCUT2D eigenvalue weighted by atomic mass is 19.1. The molecule has 2 aromatic heterocycles. The molecule has 0 bridgehead atoms. The zero-order valence-corrected chi connectivity index (χ0v) is 21.2. The summed E-state index contributed by atoms with van der Waals surface area (Å²) in [7, 11) is 0. The van der Waals surface area contributed by atoms with Crippen molar-refractivity contribution in [3.05, 3.63) is 84.1 Å². The Balaban J connectivity index is 0.000000631. The smallest absolute Gasteiger partial charge is 0.414 e. The molecule has 0 spiro atoms. The van der Waals surface area contributed by atoms with Crippen LogP contribution in [0.3, 0.4) is 0 Å². The molecule has 0 aliphatic rings. The number of carboxylic acid groups (broad SMARTS) is 2. The molecular formula is C27H29FN4O7. The fraction of sp³-hybridized carbons (Fsp3) is 0.259. The van der Waals surface area contributed by atoms with Gasteiger partial charge in [-0.3, -0.25) is 4.40 Å². The summed E-state index contributed by atoms with van der Waals surface area (Å²) in [6, 6.07) is 17.7. The monoisotopic (exact) mass is 540 g/mol. The zero-order valence-electron chi connectivity index (χ0n) is 21.2. The highest BCUT2D eigenvalue weighted by Crippen LogP contribution is 2.28. The van der Waals surface area contributed by atoms with Crippen molar-refractivity contribution in [1.29, 1.82) is 0 Å². The number of fused-ring (bicyclic) bond motifs is 1. The molecule has 4 rings (SSSR count). The van der Waals surface area contributed by atoms with E-state index in [-0.39, 0.29) is 5.82 Å². The van der Waals surface area contributed by atoms with Crippen LogP contribution in [-0.4, -0.2) is 63.1 Å². The highest BCUT2D eigenvalue weighted by Gasteiger charge is 2.08. The summed E-state index contributed by atoms with van der Waals surface area (Å²) in [5.41, 5.74) is 1.95. The number of carbonyl (C=O) groups is 2. The minimum Gasteiger partial charge on any atom is -0.490 e. The van der Waals surface area contributed by atoms with Crippen LogP contribution in [0.4, 0.5) is 4.39 Å². The quantitative estimate of drug-likeness (QED) is 0.181. The molecule has 0 atom stereocenters. The van der Waals surface area contributed by atoms with E-state index in [1.54, 1.807) is 12.1 Å². The molecule has 2 heterocycles. The third kappa shape index (κ3) is 9.27. The maximum atomic E-state index is 13.0. The lowest BCUT2D eigenvalue weighted by Gasteiger charge is -2.14. The van der Waals surface area contributed by atoms with Gasteiger partial charge in [-0.2, -0.15) is 0 Å². The SMILES string of the molecule is CCOc1cc(CNCCc2nnc3ccccn23)ccc1OCCOc1ccc(F)cc1.O=C(O)C(=O)O. The Labute approximate surface area is 223 Å². The van der Waals surface area contributed by atoms with Gasteiger partial charge < -0.3 is 29.7 Å². The molecule has 39 heavy (non-hydrogen) atoms. The summed E-state index contributed by atoms with van der Waals surface area (Å²) in [5.74, 6) is -1.04. The van der Waals surface area contributed by atoms with Crippen molar-refractivity contribution in [2.24, 2.45) is 0 Å². The van der Waals surface area contributed by atoms with E-state index >= 15 is 0 Å². The number of benzene rings is 2. The van der Waals surface area contributed by atoms with E-state index in [9.17, 15) is 4.39 Å². The number of rotatable bonds is 12. The van der Waals surface area contributed by atoms with Crippen molar-refractivity contribution in [3.8, 4) is 17.2 Å². The summed E-state index contributed by atoms with van der Waals surface area (Å²) in [5, 5.41) is 26.7. The average molecular weight is 541 g/mol. The lowest BCUT2D eigenvalue weighted by Crippen LogP contribution is -2.18. The molecule has 0 aliphatic heterocycles. The van der Waals surface area contributed by atoms with Crippen molar-refractivity contribution >= 4 is 17.6 Å². The largest absolute Gasteiger partial charge is 0.490 e. The molecule has 0 saturated carbocycles. The Hall–Kier alpha value is -4.71. The van der Waals surface area contributed by atoms with Gasteiger partial charge in [0.2, 0.25) is 0 Å². The van der Waals surface area contributed by atoms with E-state index in [1.165, 1.54) is 12.1 Å². The summed E-state index contributed by atoms with van der Waals surface area (Å²) >= 11 is 0. The van der Waals surface area contributed by atoms with Gasteiger partial charge in [-0.15, -0.1) is 10.2 Å². The second-order valence-electron chi connectivity index (χ2n) is 7.95. The van der Waals surface area contributed by atoms with Gasteiger partial charge >= 0.3 is 11.9 Å². The van der Waals surface area contributed by atoms with Gasteiger partial charge in [0.15, 0.2) is 17.1 Å². The molecule has 0 saturated heterocycles. The number of hydrogen-bond donors (Lipinski definition) is 3. The standard InChI is InChI=1S/C25H27FN4O3.C2H2O4/c1-2-31-23-17-19(18-27-13-12-25-29-28-24-5-3-4-14-30(24)25)6-11-22(23)33-16-15-32-21-9-7-20(26)8-10-21;3-1(4)2(5)6/h3-11,14,17,27H,2,12-13,15-16,18H2,1H3;(H,3,4)(H,5,6). The molecule has 0 unspecified atom stereocenters. The molecule has 0 aliphatic carbocycles. The van der Waals surface area contributed by atoms with Gasteiger partial charge in [0, 0.05) is 25.7 Å². The van der Waals surface area contributed by atoms with Crippen molar-refractivity contribution in [3.63, 3.8) is 0 Å². The van der Waals surface area contributed by atoms with E-state index in [0.717, 1.165) is 30.0 Å². The van der Waals surface area contributed by atoms with Gasteiger partial charge in [0.1, 0.15) is 30.6 Å². The predicted molar refractivity (Wildman–Crippen MR) is 139 cm³/mol. The lowest BCUT2D eigenvalue weighted by atomic mass is 10.2. The maximum absolute atomic E-state index is 13.0. The number of nitrogens with zero attached hydrogens (tertiary/aromatic N) is 3. The molecule has 2 aromatic carbocycles. The van der Waals surface area contributed by atoms with Crippen LogP contribution in [0.15, 0.2) is 66.9 Å². The third-order valence-corrected chi connectivity index (χ3v) is 5.15. The van der Waals surface area contributed by atoms with Gasteiger partial charge in [0.25, 0.3) is 0 Å². The molecule has 206 valence electrons. The molecular weight excluding hydrogens is 511 g/mol. The van der Waals surface area contributed by atoms with Crippen LogP contribution in [0.1, 0.15) is 18.3 Å². The molecule has 0 radical (unpaired) electrons. The van der Waals surface area contributed by atoms with Crippen LogP contribution in [-0.2, 0) is 22.6 Å². The van der Waals surface area contributed by atoms with E-state index < -0.39 is 11.9 Å². The van der Waals surface area contributed by atoms with Crippen LogP contribution in [0.2, 0.25) is 0 Å². The Kier molecular flexibility index (Phi) is 11.0. The van der Waals surface area contributed by atoms with E-state index in [2.05, 4.69) is 15.5 Å². The van der Waals surface area contributed by atoms with E-state index in [4.69, 9.17) is 34.0 Å². The highest BCUT2D eigenvalue weighted by molar-refractivity contribution is 6.27. The van der Waals surface area contributed by atoms with Crippen molar-refractivity contribution < 1.29 is 38.4 Å². The summed E-state index contributed by atoms with van der Waals surface area (Å²) in [4.78, 5) is 18.2. The fourth-order valence-electron chi connectivity index (χ4n) is 3.39. The number of aromatic nitrogens is 3. The number of aliphatic carboxylic acids is 2. The number of carboxylic acids is 2. The number of halogens is 1. The first-order valence-electron chi connectivity index (χ1n) is 12.1. The predicted octanol–water partition coefficient (Wildman–Crippen LogP) is 3.21. The second kappa shape index (κ2) is 14.9. The molecule has 11 nitrogen and oxygen atoms in total. The first kappa shape index (κ1) is 28.9. The van der Waals surface area contributed by atoms with Crippen molar-refractivity contribution in [2.75, 3.05) is 26.4 Å². The first-order valence-corrected chi connectivity index (χ1v) is 12.1. The number of hydrogen-bond acceptors (Lipinski definition) is 8. The molecule has 12 heteroatoms. The van der Waals surface area contributed by atoms with Gasteiger partial charge in [-0.25, -0.2) is 14.0 Å². The van der Waals surface area contributed by atoms with Crippen LogP contribution >= 0.6 is 0 Å². The van der Waals surface area contributed by atoms with Gasteiger partial charge in [-0.05, 0) is 61.0 Å². The van der Waals surface area contributed by atoms with Gasteiger partial charge in [-0.1, -0.05) is 12.1 Å². The van der Waals surface area contributed by atoms with Gasteiger partial charge in [0.05, 0.1) is 6.61 Å². The zero-order chi connectivity index (χ0) is 28.0. The van der Waals surface area contributed by atoms with E-state index in [1.807, 2.05) is 53.9 Å². The van der Waals surface area contributed by atoms with Crippen molar-refractivity contribution in [1.82, 2.24) is 19.9 Å². The molecule has 0 fully saturated rings. The van der Waals surface area contributed by atoms with Crippen LogP contribution in [0.5, 0.6) is 17.2 Å². The Bertz CT molecular complexity index is 1350. The Morgan fingerprint density at radius 3 is 2.38 bits per heavy atom. The number of pyridine rings is 1. The Morgan fingerprint density at radius 1 is 0.923 bits per heavy atom. The molecule has 4 aromatic rings. The minimum atomic E-state index is -1.82. The summed E-state index contributed by atoms with van der Waals surface area (Å²) < 4.78 is 32.1. The third-order valence-electron chi connectivity index (χ3n) is 5.15. The van der Waals surface area contributed by atoms with Crippen LogP contribution in [0, 0.1) is 5.82 Å². The topological polar surface area (TPSA) is 145 Å². The van der Waals surface area contributed by atoms with Crippen LogP contribution < -0.4 is 19.5 Å². The number of ether oxygens (including phenoxy) is 3. The normalized spacial score (nSPS) is 10.4. The fourth-order valence-corrected chi connectivity index (χ4v) is 3.39. The number of nitrogens with one attached hydrogen (secondary N) is 1. The van der Waals surface area contributed by atoms with Crippen LogP contribution in [0.25, 0.3) is 5.65 Å². The summed E-state index contributed by atoms with van der Waals surface area (Å²) in [6.07, 6.45) is 2.75. The Morgan fingerprint density at radius 2 is 1.67 bits per heavy atom. The second-order valence-corrected chi connectivity index (χ2v) is 7.95. The average Bonchev–Trinajstić information content (AvgIpc) is 3.34.